The van der Waals surface area contributed by atoms with Gasteiger partial charge in [-0.2, -0.15) is 10.1 Å². The Labute approximate surface area is 204 Å². The predicted molar refractivity (Wildman–Crippen MR) is 137 cm³/mol. The fraction of sp³-hybridized carbons (Fsp3) is 0.200. The van der Waals surface area contributed by atoms with Crippen LogP contribution in [0.4, 0.5) is 21.8 Å². The lowest BCUT2D eigenvalue weighted by Crippen LogP contribution is -2.44. The fourth-order valence-corrected chi connectivity index (χ4v) is 4.70. The number of halogens is 1. The van der Waals surface area contributed by atoms with E-state index in [9.17, 15) is 9.18 Å². The maximum atomic E-state index is 14.8. The summed E-state index contributed by atoms with van der Waals surface area (Å²) in [6.45, 7) is 1.18. The van der Waals surface area contributed by atoms with Gasteiger partial charge in [-0.05, 0) is 24.3 Å². The number of rotatable bonds is 4. The molecule has 3 N–H and O–H groups in total. The minimum atomic E-state index is -0.562. The third-order valence-corrected chi connectivity index (χ3v) is 6.41. The molecule has 0 fully saturated rings. The van der Waals surface area contributed by atoms with Gasteiger partial charge in [0.1, 0.15) is 23.1 Å². The van der Waals surface area contributed by atoms with Gasteiger partial charge in [-0.15, -0.1) is 0 Å². The molecule has 0 aliphatic carbocycles. The number of H-pyrrole nitrogens is 1. The van der Waals surface area contributed by atoms with Gasteiger partial charge in [-0.1, -0.05) is 24.3 Å². The maximum absolute atomic E-state index is 14.8. The third-order valence-electron chi connectivity index (χ3n) is 6.41. The second kappa shape index (κ2) is 8.22. The highest BCUT2D eigenvalue weighted by Crippen LogP contribution is 2.32. The molecular weight excluding hydrogens is 463 g/mol. The summed E-state index contributed by atoms with van der Waals surface area (Å²) in [6, 6.07) is 13.9. The summed E-state index contributed by atoms with van der Waals surface area (Å²) in [5.41, 5.74) is 7.20. The van der Waals surface area contributed by atoms with Crippen molar-refractivity contribution in [2.24, 2.45) is 0 Å². The quantitative estimate of drug-likeness (QED) is 0.398. The number of nitrogen functional groups attached to an aromatic ring is 1. The Morgan fingerprint density at radius 2 is 1.94 bits per heavy atom. The Hall–Kier alpha value is -4.67. The Kier molecular flexibility index (Phi) is 4.99. The van der Waals surface area contributed by atoms with E-state index >= 15 is 0 Å². The highest BCUT2D eigenvalue weighted by molar-refractivity contribution is 6.05. The molecule has 5 aromatic rings. The number of likely N-dealkylation sites (N-methyl/N-ethyl adjacent to an activating group) is 2. The SMILES string of the molecule is CN(C[C@H]1CN(C)c2ccccc2O1)c1ncc2c3[nH]nc(N)c3c(=O)n(-c3ccccc3F)c2n1. The van der Waals surface area contributed by atoms with Crippen LogP contribution >= 0.6 is 0 Å². The van der Waals surface area contributed by atoms with E-state index in [2.05, 4.69) is 20.1 Å². The molecule has 1 aliphatic heterocycles. The third kappa shape index (κ3) is 3.39. The van der Waals surface area contributed by atoms with Crippen molar-refractivity contribution in [3.63, 3.8) is 0 Å². The molecule has 0 radical (unpaired) electrons. The molecule has 1 atom stereocenters. The van der Waals surface area contributed by atoms with Crippen molar-refractivity contribution in [3.8, 4) is 11.4 Å². The van der Waals surface area contributed by atoms with Crippen LogP contribution in [0.25, 0.3) is 27.6 Å². The van der Waals surface area contributed by atoms with Crippen LogP contribution < -0.4 is 25.8 Å². The molecule has 6 rings (SSSR count). The molecule has 10 nitrogen and oxygen atoms in total. The van der Waals surface area contributed by atoms with Crippen LogP contribution in [0.15, 0.2) is 59.5 Å². The molecule has 0 saturated carbocycles. The molecule has 3 aromatic heterocycles. The second-order valence-corrected chi connectivity index (χ2v) is 8.83. The molecular formula is C25H23FN8O2. The van der Waals surface area contributed by atoms with Gasteiger partial charge in [0.15, 0.2) is 11.5 Å². The van der Waals surface area contributed by atoms with Crippen molar-refractivity contribution in [2.75, 3.05) is 42.7 Å². The van der Waals surface area contributed by atoms with E-state index in [4.69, 9.17) is 15.5 Å². The van der Waals surface area contributed by atoms with Gasteiger partial charge in [-0.25, -0.2) is 9.37 Å². The smallest absolute Gasteiger partial charge is 0.270 e. The molecule has 0 amide bonds. The summed E-state index contributed by atoms with van der Waals surface area (Å²) in [5, 5.41) is 7.43. The van der Waals surface area contributed by atoms with Gasteiger partial charge in [0.2, 0.25) is 5.95 Å². The molecule has 0 spiro atoms. The number of hydrogen-bond acceptors (Lipinski definition) is 8. The first-order valence-corrected chi connectivity index (χ1v) is 11.4. The van der Waals surface area contributed by atoms with Gasteiger partial charge in [-0.3, -0.25) is 14.5 Å². The zero-order valence-electron chi connectivity index (χ0n) is 19.6. The number of aromatic amines is 1. The van der Waals surface area contributed by atoms with Crippen LogP contribution in [-0.4, -0.2) is 58.0 Å². The Morgan fingerprint density at radius 1 is 1.19 bits per heavy atom. The number of ether oxygens (including phenoxy) is 1. The number of benzene rings is 2. The summed E-state index contributed by atoms with van der Waals surface area (Å²) < 4.78 is 22.3. The molecule has 0 unspecified atom stereocenters. The first-order chi connectivity index (χ1) is 17.4. The molecule has 0 saturated heterocycles. The number of fused-ring (bicyclic) bond motifs is 4. The van der Waals surface area contributed by atoms with Crippen LogP contribution in [0.5, 0.6) is 5.75 Å². The molecule has 182 valence electrons. The molecule has 36 heavy (non-hydrogen) atoms. The minimum Gasteiger partial charge on any atom is -0.485 e. The predicted octanol–water partition coefficient (Wildman–Crippen LogP) is 2.71. The number of nitrogens with one attached hydrogen (secondary N) is 1. The minimum absolute atomic E-state index is 0.0297. The summed E-state index contributed by atoms with van der Waals surface area (Å²) in [7, 11) is 3.87. The number of anilines is 3. The van der Waals surface area contributed by atoms with Crippen LogP contribution in [0.1, 0.15) is 0 Å². The van der Waals surface area contributed by atoms with E-state index in [1.165, 1.54) is 16.7 Å². The van der Waals surface area contributed by atoms with Crippen molar-refractivity contribution in [3.05, 3.63) is 70.9 Å². The van der Waals surface area contributed by atoms with E-state index in [0.717, 1.165) is 11.4 Å². The number of pyridine rings is 1. The standard InChI is InChI=1S/C25H23FN8O2/c1-32-12-14(36-19-10-6-5-9-18(19)32)13-33(2)25-28-11-15-21-20(22(27)31-30-21)24(35)34(23(15)29-25)17-8-4-3-7-16(17)26/h3-11,14H,12-13H2,1-2H3,(H3,27,30,31)/t14-/m1/s1. The maximum Gasteiger partial charge on any atom is 0.270 e. The number of nitrogens with zero attached hydrogens (tertiary/aromatic N) is 6. The highest BCUT2D eigenvalue weighted by atomic mass is 19.1. The Balaban J connectivity index is 1.44. The average molecular weight is 487 g/mol. The summed E-state index contributed by atoms with van der Waals surface area (Å²) in [6.07, 6.45) is 1.45. The Morgan fingerprint density at radius 3 is 2.75 bits per heavy atom. The van der Waals surface area contributed by atoms with Crippen molar-refractivity contribution < 1.29 is 9.13 Å². The van der Waals surface area contributed by atoms with Crippen molar-refractivity contribution in [1.29, 1.82) is 0 Å². The normalized spacial score (nSPS) is 15.2. The molecule has 0 bridgehead atoms. The lowest BCUT2D eigenvalue weighted by molar-refractivity contribution is 0.201. The summed E-state index contributed by atoms with van der Waals surface area (Å²) in [4.78, 5) is 26.7. The molecule has 4 heterocycles. The van der Waals surface area contributed by atoms with Crippen LogP contribution in [0.3, 0.4) is 0 Å². The lowest BCUT2D eigenvalue weighted by Gasteiger charge is -2.35. The molecule has 11 heteroatoms. The highest BCUT2D eigenvalue weighted by Gasteiger charge is 2.26. The van der Waals surface area contributed by atoms with E-state index in [-0.39, 0.29) is 28.6 Å². The zero-order chi connectivity index (χ0) is 25.0. The largest absolute Gasteiger partial charge is 0.485 e. The lowest BCUT2D eigenvalue weighted by atomic mass is 10.2. The van der Waals surface area contributed by atoms with Gasteiger partial charge < -0.3 is 20.3 Å². The number of aromatic nitrogens is 5. The first kappa shape index (κ1) is 21.8. The van der Waals surface area contributed by atoms with Crippen molar-refractivity contribution in [2.45, 2.75) is 6.10 Å². The monoisotopic (exact) mass is 486 g/mol. The topological polar surface area (TPSA) is 118 Å². The van der Waals surface area contributed by atoms with Crippen molar-refractivity contribution in [1.82, 2.24) is 24.7 Å². The van der Waals surface area contributed by atoms with E-state index in [1.54, 1.807) is 18.3 Å². The fourth-order valence-electron chi connectivity index (χ4n) is 4.70. The zero-order valence-corrected chi connectivity index (χ0v) is 19.6. The van der Waals surface area contributed by atoms with E-state index in [0.29, 0.717) is 29.9 Å². The van der Waals surface area contributed by atoms with E-state index < -0.39 is 11.4 Å². The molecule has 1 aliphatic rings. The summed E-state index contributed by atoms with van der Waals surface area (Å²) in [5.74, 6) is 0.649. The average Bonchev–Trinajstić information content (AvgIpc) is 3.27. The Bertz CT molecular complexity index is 1680. The number of para-hydroxylation sites is 3. The van der Waals surface area contributed by atoms with Gasteiger partial charge in [0.25, 0.3) is 5.56 Å². The van der Waals surface area contributed by atoms with E-state index in [1.807, 2.05) is 43.3 Å². The van der Waals surface area contributed by atoms with Crippen LogP contribution in [0, 0.1) is 5.82 Å². The number of nitrogens with two attached hydrogens (primary N) is 1. The van der Waals surface area contributed by atoms with Crippen LogP contribution in [-0.2, 0) is 0 Å². The first-order valence-electron chi connectivity index (χ1n) is 11.4. The van der Waals surface area contributed by atoms with Crippen molar-refractivity contribution >= 4 is 39.4 Å². The summed E-state index contributed by atoms with van der Waals surface area (Å²) >= 11 is 0. The number of hydrogen-bond donors (Lipinski definition) is 2. The second-order valence-electron chi connectivity index (χ2n) is 8.83. The van der Waals surface area contributed by atoms with Gasteiger partial charge >= 0.3 is 0 Å². The van der Waals surface area contributed by atoms with Gasteiger partial charge in [0.05, 0.1) is 35.4 Å². The molecule has 2 aromatic carbocycles. The van der Waals surface area contributed by atoms with Crippen LogP contribution in [0.2, 0.25) is 0 Å². The van der Waals surface area contributed by atoms with Gasteiger partial charge in [0, 0.05) is 20.3 Å².